The number of benzene rings is 1. The Morgan fingerprint density at radius 1 is 1.19 bits per heavy atom. The minimum atomic E-state index is -4.31. The Morgan fingerprint density at radius 3 is 2.33 bits per heavy atom. The zero-order valence-corrected chi connectivity index (χ0v) is 11.9. The van der Waals surface area contributed by atoms with Gasteiger partial charge in [-0.3, -0.25) is 4.90 Å². The van der Waals surface area contributed by atoms with E-state index >= 15 is 0 Å². The molecular weight excluding hydrogens is 291 g/mol. The van der Waals surface area contributed by atoms with Crippen LogP contribution in [0.1, 0.15) is 31.9 Å². The van der Waals surface area contributed by atoms with Gasteiger partial charge in [0, 0.05) is 24.2 Å². The normalized spacial score (nSPS) is 14.0. The zero-order chi connectivity index (χ0) is 16.2. The number of hydrogen-bond donors (Lipinski definition) is 1. The van der Waals surface area contributed by atoms with E-state index in [1.54, 1.807) is 13.8 Å². The van der Waals surface area contributed by atoms with Gasteiger partial charge in [-0.15, -0.1) is 0 Å². The molecule has 2 nitrogen and oxygen atoms in total. The van der Waals surface area contributed by atoms with Gasteiger partial charge in [0.25, 0.3) is 0 Å². The Bertz CT molecular complexity index is 459. The summed E-state index contributed by atoms with van der Waals surface area (Å²) in [5.41, 5.74) is 5.74. The van der Waals surface area contributed by atoms with Crippen molar-refractivity contribution in [2.24, 2.45) is 5.73 Å². The molecule has 0 aliphatic heterocycles. The van der Waals surface area contributed by atoms with Crippen molar-refractivity contribution in [3.63, 3.8) is 0 Å². The molecule has 1 rings (SSSR count). The lowest BCUT2D eigenvalue weighted by Gasteiger charge is -2.28. The molecule has 0 bridgehead atoms. The topological polar surface area (TPSA) is 29.3 Å². The quantitative estimate of drug-likeness (QED) is 0.813. The van der Waals surface area contributed by atoms with Crippen LogP contribution in [0.4, 0.5) is 22.0 Å². The molecule has 0 radical (unpaired) electrons. The van der Waals surface area contributed by atoms with Gasteiger partial charge < -0.3 is 5.73 Å². The van der Waals surface area contributed by atoms with Crippen LogP contribution in [-0.2, 0) is 0 Å². The predicted octanol–water partition coefficient (Wildman–Crippen LogP) is 3.63. The second-order valence-corrected chi connectivity index (χ2v) is 5.22. The van der Waals surface area contributed by atoms with Gasteiger partial charge in [0.05, 0.1) is 6.54 Å². The molecule has 7 heteroatoms. The number of alkyl halides is 3. The van der Waals surface area contributed by atoms with E-state index in [0.29, 0.717) is 0 Å². The van der Waals surface area contributed by atoms with Crippen molar-refractivity contribution in [2.75, 3.05) is 13.1 Å². The molecule has 0 saturated heterocycles. The minimum absolute atomic E-state index is 0.0225. The van der Waals surface area contributed by atoms with Crippen molar-refractivity contribution < 1.29 is 22.0 Å². The van der Waals surface area contributed by atoms with Gasteiger partial charge in [-0.25, -0.2) is 8.78 Å². The molecule has 0 spiro atoms. The number of hydrogen-bond acceptors (Lipinski definition) is 2. The third kappa shape index (κ3) is 5.59. The monoisotopic (exact) mass is 310 g/mol. The van der Waals surface area contributed by atoms with Gasteiger partial charge in [0.15, 0.2) is 11.6 Å². The van der Waals surface area contributed by atoms with E-state index in [4.69, 9.17) is 5.73 Å². The fraction of sp³-hybridized carbons (Fsp3) is 0.571. The molecule has 21 heavy (non-hydrogen) atoms. The molecule has 2 N–H and O–H groups in total. The average molecular weight is 310 g/mol. The molecule has 0 aliphatic rings. The van der Waals surface area contributed by atoms with Crippen molar-refractivity contribution in [1.82, 2.24) is 4.90 Å². The van der Waals surface area contributed by atoms with Crippen LogP contribution in [0.25, 0.3) is 0 Å². The highest BCUT2D eigenvalue weighted by atomic mass is 19.4. The highest BCUT2D eigenvalue weighted by Gasteiger charge is 2.31. The molecular formula is C14H19F5N2. The Balaban J connectivity index is 2.69. The molecule has 1 aromatic rings. The summed E-state index contributed by atoms with van der Waals surface area (Å²) in [6, 6.07) is 2.46. The van der Waals surface area contributed by atoms with E-state index in [1.165, 1.54) is 17.0 Å². The van der Waals surface area contributed by atoms with Crippen LogP contribution in [0.3, 0.4) is 0 Å². The fourth-order valence-corrected chi connectivity index (χ4v) is 2.02. The summed E-state index contributed by atoms with van der Waals surface area (Å²) >= 11 is 0. The largest absolute Gasteiger partial charge is 0.401 e. The van der Waals surface area contributed by atoms with Crippen LogP contribution in [-0.4, -0.2) is 30.2 Å². The van der Waals surface area contributed by atoms with Crippen LogP contribution < -0.4 is 5.73 Å². The van der Waals surface area contributed by atoms with Crippen molar-refractivity contribution in [1.29, 1.82) is 0 Å². The first-order chi connectivity index (χ1) is 9.61. The number of nitrogens with zero attached hydrogens (tertiary/aromatic N) is 1. The van der Waals surface area contributed by atoms with Crippen LogP contribution in [0, 0.1) is 11.6 Å². The third-order valence-electron chi connectivity index (χ3n) is 3.22. The molecule has 1 atom stereocenters. The predicted molar refractivity (Wildman–Crippen MR) is 70.7 cm³/mol. The van der Waals surface area contributed by atoms with Gasteiger partial charge in [-0.1, -0.05) is 12.1 Å². The van der Waals surface area contributed by atoms with E-state index in [-0.39, 0.29) is 24.6 Å². The molecule has 0 heterocycles. The van der Waals surface area contributed by atoms with E-state index < -0.39 is 30.4 Å². The second kappa shape index (κ2) is 7.17. The Labute approximate surface area is 120 Å². The first-order valence-electron chi connectivity index (χ1n) is 6.62. The highest BCUT2D eigenvalue weighted by molar-refractivity contribution is 5.22. The standard InChI is InChI=1S/C14H19F5N2/c1-9(2)21(8-14(17,18)19)7-6-12(20)10-4-3-5-11(15)13(10)16/h3-5,9,12H,6-8,20H2,1-2H3. The number of nitrogens with two attached hydrogens (primary N) is 1. The molecule has 0 aromatic heterocycles. The fourth-order valence-electron chi connectivity index (χ4n) is 2.02. The van der Waals surface area contributed by atoms with Gasteiger partial charge in [0.2, 0.25) is 0 Å². The van der Waals surface area contributed by atoms with Gasteiger partial charge >= 0.3 is 6.18 Å². The van der Waals surface area contributed by atoms with Crippen molar-refractivity contribution in [2.45, 2.75) is 38.5 Å². The lowest BCUT2D eigenvalue weighted by atomic mass is 10.0. The van der Waals surface area contributed by atoms with Crippen LogP contribution in [0.2, 0.25) is 0 Å². The first kappa shape index (κ1) is 17.8. The lowest BCUT2D eigenvalue weighted by molar-refractivity contribution is -0.149. The molecule has 1 unspecified atom stereocenters. The first-order valence-corrected chi connectivity index (χ1v) is 6.62. The van der Waals surface area contributed by atoms with Crippen molar-refractivity contribution in [3.05, 3.63) is 35.4 Å². The number of halogens is 5. The lowest BCUT2D eigenvalue weighted by Crippen LogP contribution is -2.40. The van der Waals surface area contributed by atoms with E-state index in [9.17, 15) is 22.0 Å². The second-order valence-electron chi connectivity index (χ2n) is 5.22. The van der Waals surface area contributed by atoms with E-state index in [2.05, 4.69) is 0 Å². The summed E-state index contributed by atoms with van der Waals surface area (Å²) in [6.45, 7) is 2.28. The third-order valence-corrected chi connectivity index (χ3v) is 3.22. The summed E-state index contributed by atoms with van der Waals surface area (Å²) in [5, 5.41) is 0. The van der Waals surface area contributed by atoms with E-state index in [1.807, 2.05) is 0 Å². The van der Waals surface area contributed by atoms with Gasteiger partial charge in [0.1, 0.15) is 0 Å². The Kier molecular flexibility index (Phi) is 6.10. The number of rotatable bonds is 6. The van der Waals surface area contributed by atoms with E-state index in [0.717, 1.165) is 6.07 Å². The molecule has 1 aromatic carbocycles. The SMILES string of the molecule is CC(C)N(CCC(N)c1cccc(F)c1F)CC(F)(F)F. The minimum Gasteiger partial charge on any atom is -0.324 e. The van der Waals surface area contributed by atoms with Crippen molar-refractivity contribution in [3.8, 4) is 0 Å². The van der Waals surface area contributed by atoms with Gasteiger partial charge in [-0.05, 0) is 26.3 Å². The average Bonchev–Trinajstić information content (AvgIpc) is 2.35. The maximum absolute atomic E-state index is 13.6. The summed E-state index contributed by atoms with van der Waals surface area (Å²) < 4.78 is 64.0. The highest BCUT2D eigenvalue weighted by Crippen LogP contribution is 2.22. The zero-order valence-electron chi connectivity index (χ0n) is 11.9. The molecule has 0 amide bonds. The maximum atomic E-state index is 13.6. The Morgan fingerprint density at radius 2 is 1.81 bits per heavy atom. The maximum Gasteiger partial charge on any atom is 0.401 e. The van der Waals surface area contributed by atoms with Crippen molar-refractivity contribution >= 4 is 0 Å². The summed E-state index contributed by atoms with van der Waals surface area (Å²) in [6.07, 6.45) is -4.20. The molecule has 0 saturated carbocycles. The van der Waals surface area contributed by atoms with Gasteiger partial charge in [-0.2, -0.15) is 13.2 Å². The van der Waals surface area contributed by atoms with Crippen LogP contribution in [0.15, 0.2) is 18.2 Å². The molecule has 0 aliphatic carbocycles. The molecule has 0 fully saturated rings. The van der Waals surface area contributed by atoms with Crippen LogP contribution >= 0.6 is 0 Å². The summed E-state index contributed by atoms with van der Waals surface area (Å²) in [4.78, 5) is 1.21. The smallest absolute Gasteiger partial charge is 0.324 e. The Hall–Kier alpha value is -1.21. The molecule has 120 valence electrons. The summed E-state index contributed by atoms with van der Waals surface area (Å²) in [5.74, 6) is -2.06. The van der Waals surface area contributed by atoms with Crippen LogP contribution in [0.5, 0.6) is 0 Å². The summed E-state index contributed by atoms with van der Waals surface area (Å²) in [7, 11) is 0.